The van der Waals surface area contributed by atoms with Crippen molar-refractivity contribution in [1.82, 2.24) is 4.57 Å². The highest BCUT2D eigenvalue weighted by Crippen LogP contribution is 2.42. The lowest BCUT2D eigenvalue weighted by atomic mass is 9.87. The molecule has 1 aliphatic rings. The average molecular weight is 482 g/mol. The van der Waals surface area contributed by atoms with Crippen molar-refractivity contribution in [2.24, 2.45) is 0 Å². The van der Waals surface area contributed by atoms with Gasteiger partial charge in [-0.15, -0.1) is 0 Å². The van der Waals surface area contributed by atoms with Crippen molar-refractivity contribution in [3.05, 3.63) is 99.7 Å². The minimum atomic E-state index is -0.00941. The van der Waals surface area contributed by atoms with Crippen molar-refractivity contribution in [3.8, 4) is 28.1 Å². The standard InChI is InChI=1S/C31H31NO4/c1-19-12-23(13-20(2)30(19)33)27-16-32-11-10-22-14-24(17-35-3)25(18-36-4)15-26(22)29(32)28(27)31(34)21-8-6-5-7-9-21/h5-9,12-16,33H,10-11,17-18H2,1-4H3. The number of rotatable bonds is 7. The molecule has 1 N–H and O–H groups in total. The third-order valence-electron chi connectivity index (χ3n) is 7.05. The number of aryl methyl sites for hydroxylation is 4. The largest absolute Gasteiger partial charge is 0.507 e. The van der Waals surface area contributed by atoms with E-state index < -0.39 is 0 Å². The molecule has 5 rings (SSSR count). The van der Waals surface area contributed by atoms with Crippen molar-refractivity contribution in [3.63, 3.8) is 0 Å². The molecule has 1 aliphatic heterocycles. The van der Waals surface area contributed by atoms with E-state index in [1.165, 1.54) is 5.56 Å². The molecule has 0 atom stereocenters. The number of ether oxygens (including phenoxy) is 2. The van der Waals surface area contributed by atoms with Gasteiger partial charge in [0.25, 0.3) is 0 Å². The summed E-state index contributed by atoms with van der Waals surface area (Å²) < 4.78 is 13.2. The van der Waals surface area contributed by atoms with Crippen LogP contribution in [0.1, 0.15) is 43.7 Å². The van der Waals surface area contributed by atoms with Crippen molar-refractivity contribution < 1.29 is 19.4 Å². The number of phenols is 1. The van der Waals surface area contributed by atoms with Crippen molar-refractivity contribution in [2.45, 2.75) is 40.0 Å². The normalized spacial score (nSPS) is 12.3. The Labute approximate surface area is 211 Å². The van der Waals surface area contributed by atoms with Crippen LogP contribution in [0.15, 0.2) is 60.8 Å². The Bertz CT molecular complexity index is 1430. The lowest BCUT2D eigenvalue weighted by Crippen LogP contribution is -2.14. The van der Waals surface area contributed by atoms with Crippen LogP contribution in [0, 0.1) is 13.8 Å². The molecule has 0 unspecified atom stereocenters. The van der Waals surface area contributed by atoms with E-state index in [2.05, 4.69) is 22.9 Å². The third-order valence-corrected chi connectivity index (χ3v) is 7.05. The van der Waals surface area contributed by atoms with Crippen LogP contribution in [-0.4, -0.2) is 29.7 Å². The van der Waals surface area contributed by atoms with Crippen LogP contribution in [0.2, 0.25) is 0 Å². The van der Waals surface area contributed by atoms with Gasteiger partial charge >= 0.3 is 0 Å². The summed E-state index contributed by atoms with van der Waals surface area (Å²) in [7, 11) is 3.39. The van der Waals surface area contributed by atoms with Gasteiger partial charge in [-0.05, 0) is 71.8 Å². The number of ketones is 1. The summed E-state index contributed by atoms with van der Waals surface area (Å²) in [5, 5.41) is 10.4. The number of hydrogen-bond donors (Lipinski definition) is 1. The van der Waals surface area contributed by atoms with Gasteiger partial charge in [0.1, 0.15) is 5.75 Å². The van der Waals surface area contributed by atoms with E-state index in [0.717, 1.165) is 57.6 Å². The minimum Gasteiger partial charge on any atom is -0.507 e. The number of methoxy groups -OCH3 is 2. The van der Waals surface area contributed by atoms with Gasteiger partial charge in [0, 0.05) is 43.7 Å². The van der Waals surface area contributed by atoms with Crippen LogP contribution in [0.5, 0.6) is 5.75 Å². The Morgan fingerprint density at radius 1 is 0.917 bits per heavy atom. The molecule has 0 bridgehead atoms. The maximum Gasteiger partial charge on any atom is 0.195 e. The van der Waals surface area contributed by atoms with E-state index in [-0.39, 0.29) is 5.78 Å². The molecule has 0 saturated carbocycles. The number of phenolic OH excluding ortho intramolecular Hbond substituents is 1. The van der Waals surface area contributed by atoms with Crippen LogP contribution in [0.3, 0.4) is 0 Å². The summed E-state index contributed by atoms with van der Waals surface area (Å²) in [5.74, 6) is 0.281. The second kappa shape index (κ2) is 9.76. The predicted octanol–water partition coefficient (Wildman–Crippen LogP) is 6.22. The van der Waals surface area contributed by atoms with Crippen LogP contribution in [-0.2, 0) is 35.7 Å². The lowest BCUT2D eigenvalue weighted by molar-refractivity contribution is 0.104. The molecule has 0 saturated heterocycles. The topological polar surface area (TPSA) is 60.7 Å². The molecule has 0 amide bonds. The Morgan fingerprint density at radius 2 is 1.56 bits per heavy atom. The third kappa shape index (κ3) is 4.15. The van der Waals surface area contributed by atoms with Crippen molar-refractivity contribution >= 4 is 5.78 Å². The van der Waals surface area contributed by atoms with Gasteiger partial charge in [-0.2, -0.15) is 0 Å². The Kier molecular flexibility index (Phi) is 6.52. The first-order chi connectivity index (χ1) is 17.4. The molecule has 0 spiro atoms. The molecule has 4 aromatic rings. The Balaban J connectivity index is 1.79. The molecule has 0 aliphatic carbocycles. The molecular formula is C31H31NO4. The number of aromatic nitrogens is 1. The van der Waals surface area contributed by atoms with Crippen LogP contribution in [0.25, 0.3) is 22.4 Å². The first-order valence-corrected chi connectivity index (χ1v) is 12.2. The predicted molar refractivity (Wildman–Crippen MR) is 141 cm³/mol. The fourth-order valence-corrected chi connectivity index (χ4v) is 5.30. The van der Waals surface area contributed by atoms with Gasteiger partial charge in [-0.1, -0.05) is 36.4 Å². The second-order valence-electron chi connectivity index (χ2n) is 9.51. The monoisotopic (exact) mass is 481 g/mol. The molecule has 0 fully saturated rings. The van der Waals surface area contributed by atoms with Crippen LogP contribution in [0.4, 0.5) is 0 Å². The molecule has 5 nitrogen and oxygen atoms in total. The van der Waals surface area contributed by atoms with E-state index in [9.17, 15) is 9.90 Å². The highest BCUT2D eigenvalue weighted by Gasteiger charge is 2.29. The fourth-order valence-electron chi connectivity index (χ4n) is 5.30. The summed E-state index contributed by atoms with van der Waals surface area (Å²) in [4.78, 5) is 14.1. The smallest absolute Gasteiger partial charge is 0.195 e. The lowest BCUT2D eigenvalue weighted by Gasteiger charge is -2.23. The molecule has 5 heteroatoms. The summed E-state index contributed by atoms with van der Waals surface area (Å²) in [6.45, 7) is 5.55. The average Bonchev–Trinajstić information content (AvgIpc) is 3.28. The number of carbonyl (C=O) groups is 1. The fraction of sp³-hybridized carbons (Fsp3) is 0.258. The van der Waals surface area contributed by atoms with Gasteiger partial charge in [-0.3, -0.25) is 4.79 Å². The van der Waals surface area contributed by atoms with Crippen LogP contribution >= 0.6 is 0 Å². The maximum atomic E-state index is 14.1. The number of carbonyl (C=O) groups excluding carboxylic acids is 1. The highest BCUT2D eigenvalue weighted by atomic mass is 16.5. The zero-order valence-electron chi connectivity index (χ0n) is 21.2. The summed E-state index contributed by atoms with van der Waals surface area (Å²) in [6, 6.07) is 17.7. The van der Waals surface area contributed by atoms with Gasteiger partial charge in [0.2, 0.25) is 0 Å². The molecule has 0 radical (unpaired) electrons. The number of nitrogens with zero attached hydrogens (tertiary/aromatic N) is 1. The first kappa shape index (κ1) is 24.0. The molecule has 2 heterocycles. The van der Waals surface area contributed by atoms with E-state index >= 15 is 0 Å². The molecule has 36 heavy (non-hydrogen) atoms. The Hall–Kier alpha value is -3.67. The van der Waals surface area contributed by atoms with E-state index in [1.54, 1.807) is 14.2 Å². The Morgan fingerprint density at radius 3 is 2.19 bits per heavy atom. The van der Waals surface area contributed by atoms with Crippen LogP contribution < -0.4 is 0 Å². The molecule has 3 aromatic carbocycles. The van der Waals surface area contributed by atoms with Gasteiger partial charge in [-0.25, -0.2) is 0 Å². The molecule has 184 valence electrons. The van der Waals surface area contributed by atoms with Crippen molar-refractivity contribution in [2.75, 3.05) is 14.2 Å². The zero-order chi connectivity index (χ0) is 25.4. The van der Waals surface area contributed by atoms with E-state index in [4.69, 9.17) is 9.47 Å². The first-order valence-electron chi connectivity index (χ1n) is 12.2. The molecule has 1 aromatic heterocycles. The number of fused-ring (bicyclic) bond motifs is 3. The van der Waals surface area contributed by atoms with Gasteiger partial charge in [0.15, 0.2) is 5.78 Å². The van der Waals surface area contributed by atoms with E-state index in [1.807, 2.05) is 56.3 Å². The van der Waals surface area contributed by atoms with Gasteiger partial charge < -0.3 is 19.1 Å². The number of aromatic hydroxyl groups is 1. The minimum absolute atomic E-state index is 0.00941. The van der Waals surface area contributed by atoms with E-state index in [0.29, 0.717) is 30.1 Å². The van der Waals surface area contributed by atoms with Gasteiger partial charge in [0.05, 0.1) is 24.5 Å². The summed E-state index contributed by atoms with van der Waals surface area (Å²) in [6.07, 6.45) is 2.96. The quantitative estimate of drug-likeness (QED) is 0.318. The number of hydrogen-bond acceptors (Lipinski definition) is 4. The van der Waals surface area contributed by atoms with Crippen molar-refractivity contribution in [1.29, 1.82) is 0 Å². The highest BCUT2D eigenvalue weighted by molar-refractivity contribution is 6.17. The zero-order valence-corrected chi connectivity index (χ0v) is 21.2. The number of benzene rings is 3. The molecular weight excluding hydrogens is 450 g/mol. The summed E-state index contributed by atoms with van der Waals surface area (Å²) in [5.41, 5.74) is 10.1. The SMILES string of the molecule is COCc1cc2c(cc1COC)-c1c(C(=O)c3ccccc3)c(-c3cc(C)c(O)c(C)c3)cn1CC2. The summed E-state index contributed by atoms with van der Waals surface area (Å²) >= 11 is 0. The maximum absolute atomic E-state index is 14.1. The second-order valence-corrected chi connectivity index (χ2v) is 9.51.